The molecule has 0 fully saturated rings. The molecule has 3 N–H and O–H groups in total. The number of aliphatic imine (C=N–C) groups is 1. The summed E-state index contributed by atoms with van der Waals surface area (Å²) >= 11 is 0. The summed E-state index contributed by atoms with van der Waals surface area (Å²) in [6, 6.07) is 6.18. The minimum atomic E-state index is -0.632. The van der Waals surface area contributed by atoms with Crippen molar-refractivity contribution in [3.8, 4) is 5.75 Å². The van der Waals surface area contributed by atoms with Gasteiger partial charge < -0.3 is 15.7 Å². The largest absolute Gasteiger partial charge is 0.505 e. The maximum Gasteiger partial charge on any atom is 0.191 e. The van der Waals surface area contributed by atoms with Crippen LogP contribution in [0.1, 0.15) is 11.3 Å². The number of aromatic hydroxyl groups is 1. The van der Waals surface area contributed by atoms with Gasteiger partial charge in [0.15, 0.2) is 17.5 Å². The maximum atomic E-state index is 13.2. The van der Waals surface area contributed by atoms with Gasteiger partial charge in [-0.05, 0) is 23.8 Å². The Morgan fingerprint density at radius 1 is 1.32 bits per heavy atom. The van der Waals surface area contributed by atoms with Crippen molar-refractivity contribution in [3.63, 3.8) is 0 Å². The summed E-state index contributed by atoms with van der Waals surface area (Å²) in [7, 11) is 3.53. The van der Waals surface area contributed by atoms with Crippen LogP contribution >= 0.6 is 24.0 Å². The molecule has 0 saturated heterocycles. The summed E-state index contributed by atoms with van der Waals surface area (Å²) in [4.78, 5) is 4.09. The average molecular weight is 419 g/mol. The smallest absolute Gasteiger partial charge is 0.191 e. The van der Waals surface area contributed by atoms with Gasteiger partial charge in [-0.1, -0.05) is 6.07 Å². The van der Waals surface area contributed by atoms with Crippen LogP contribution in [0.5, 0.6) is 5.75 Å². The fourth-order valence-corrected chi connectivity index (χ4v) is 1.82. The Morgan fingerprint density at radius 2 is 2.05 bits per heavy atom. The summed E-state index contributed by atoms with van der Waals surface area (Å²) < 4.78 is 15.0. The van der Waals surface area contributed by atoms with Crippen LogP contribution in [-0.4, -0.2) is 27.9 Å². The van der Waals surface area contributed by atoms with Crippen molar-refractivity contribution in [3.05, 3.63) is 47.5 Å². The number of aryl methyl sites for hydroxylation is 1. The first kappa shape index (κ1) is 18.2. The Labute approximate surface area is 145 Å². The predicted octanol–water partition coefficient (Wildman–Crippen LogP) is 1.75. The first-order valence-electron chi connectivity index (χ1n) is 6.49. The van der Waals surface area contributed by atoms with Crippen molar-refractivity contribution in [1.82, 2.24) is 20.4 Å². The highest BCUT2D eigenvalue weighted by Crippen LogP contribution is 2.15. The molecule has 8 heteroatoms. The second-order valence-electron chi connectivity index (χ2n) is 4.51. The van der Waals surface area contributed by atoms with Gasteiger partial charge in [-0.15, -0.1) is 24.0 Å². The topological polar surface area (TPSA) is 74.5 Å². The molecular formula is C14H19FIN5O. The molecule has 0 bridgehead atoms. The summed E-state index contributed by atoms with van der Waals surface area (Å²) in [6.07, 6.45) is 1.73. The summed E-state index contributed by atoms with van der Waals surface area (Å²) in [5, 5.41) is 19.4. The van der Waals surface area contributed by atoms with E-state index in [9.17, 15) is 4.39 Å². The highest BCUT2D eigenvalue weighted by molar-refractivity contribution is 14.0. The number of phenolic OH excluding ortho intramolecular Hbond substituents is 1. The van der Waals surface area contributed by atoms with E-state index in [-0.39, 0.29) is 29.7 Å². The van der Waals surface area contributed by atoms with E-state index in [0.29, 0.717) is 24.6 Å². The lowest BCUT2D eigenvalue weighted by molar-refractivity contribution is 0.431. The monoisotopic (exact) mass is 419 g/mol. The van der Waals surface area contributed by atoms with Crippen LogP contribution in [0.4, 0.5) is 4.39 Å². The fourth-order valence-electron chi connectivity index (χ4n) is 1.82. The van der Waals surface area contributed by atoms with Gasteiger partial charge in [0.1, 0.15) is 0 Å². The van der Waals surface area contributed by atoms with Crippen LogP contribution in [-0.2, 0) is 20.1 Å². The van der Waals surface area contributed by atoms with Crippen molar-refractivity contribution in [2.24, 2.45) is 12.0 Å². The molecule has 22 heavy (non-hydrogen) atoms. The maximum absolute atomic E-state index is 13.2. The zero-order chi connectivity index (χ0) is 15.2. The van der Waals surface area contributed by atoms with Gasteiger partial charge in [0.05, 0.1) is 12.2 Å². The second kappa shape index (κ2) is 8.57. The molecule has 0 atom stereocenters. The second-order valence-corrected chi connectivity index (χ2v) is 4.51. The van der Waals surface area contributed by atoms with Crippen molar-refractivity contribution in [1.29, 1.82) is 0 Å². The van der Waals surface area contributed by atoms with Crippen LogP contribution in [0, 0.1) is 5.82 Å². The normalized spacial score (nSPS) is 11.0. The third-order valence-corrected chi connectivity index (χ3v) is 3.06. The van der Waals surface area contributed by atoms with Gasteiger partial charge in [0.25, 0.3) is 0 Å². The van der Waals surface area contributed by atoms with Crippen molar-refractivity contribution in [2.75, 3.05) is 7.05 Å². The summed E-state index contributed by atoms with van der Waals surface area (Å²) in [5.41, 5.74) is 1.74. The highest BCUT2D eigenvalue weighted by Gasteiger charge is 2.04. The van der Waals surface area contributed by atoms with Crippen molar-refractivity contribution < 1.29 is 9.50 Å². The molecule has 120 valence electrons. The number of halogens is 2. The Morgan fingerprint density at radius 3 is 2.64 bits per heavy atom. The molecule has 0 spiro atoms. The fraction of sp³-hybridized carbons (Fsp3) is 0.286. The minimum Gasteiger partial charge on any atom is -0.505 e. The molecule has 0 unspecified atom stereocenters. The first-order valence-corrected chi connectivity index (χ1v) is 6.49. The molecule has 0 aliphatic carbocycles. The van der Waals surface area contributed by atoms with Gasteiger partial charge in [-0.25, -0.2) is 4.39 Å². The van der Waals surface area contributed by atoms with Crippen molar-refractivity contribution >= 4 is 29.9 Å². The van der Waals surface area contributed by atoms with E-state index in [2.05, 4.69) is 20.7 Å². The summed E-state index contributed by atoms with van der Waals surface area (Å²) in [5.74, 6) is -0.380. The van der Waals surface area contributed by atoms with E-state index < -0.39 is 5.82 Å². The molecule has 0 aliphatic rings. The number of hydrogen-bond donors (Lipinski definition) is 3. The van der Waals surface area contributed by atoms with Gasteiger partial charge in [-0.2, -0.15) is 5.10 Å². The lowest BCUT2D eigenvalue weighted by Gasteiger charge is -2.12. The molecule has 0 amide bonds. The molecule has 6 nitrogen and oxygen atoms in total. The van der Waals surface area contributed by atoms with E-state index in [1.807, 2.05) is 13.1 Å². The molecule has 1 aromatic heterocycles. The first-order chi connectivity index (χ1) is 10.1. The van der Waals surface area contributed by atoms with Gasteiger partial charge in [0, 0.05) is 26.8 Å². The van der Waals surface area contributed by atoms with Gasteiger partial charge in [0.2, 0.25) is 0 Å². The number of nitrogens with zero attached hydrogens (tertiary/aromatic N) is 3. The lowest BCUT2D eigenvalue weighted by atomic mass is 10.2. The predicted molar refractivity (Wildman–Crippen MR) is 93.7 cm³/mol. The molecule has 1 aromatic carbocycles. The molecule has 0 saturated carbocycles. The number of rotatable bonds is 4. The standard InChI is InChI=1S/C14H18FN5O.HI/c1-16-14(18-9-11-5-6-19-20(11)2)17-8-10-3-4-13(21)12(15)7-10;/h3-7,21H,8-9H2,1-2H3,(H2,16,17,18);1H. The highest BCUT2D eigenvalue weighted by atomic mass is 127. The number of phenols is 1. The van der Waals surface area contributed by atoms with Crippen LogP contribution in [0.2, 0.25) is 0 Å². The molecule has 2 aromatic rings. The van der Waals surface area contributed by atoms with E-state index >= 15 is 0 Å². The van der Waals surface area contributed by atoms with Crippen LogP contribution in [0.15, 0.2) is 35.5 Å². The zero-order valence-electron chi connectivity index (χ0n) is 12.4. The van der Waals surface area contributed by atoms with E-state index in [1.165, 1.54) is 12.1 Å². The molecular weight excluding hydrogens is 400 g/mol. The lowest BCUT2D eigenvalue weighted by Crippen LogP contribution is -2.36. The molecule has 1 heterocycles. The number of guanidine groups is 1. The van der Waals surface area contributed by atoms with Crippen molar-refractivity contribution in [2.45, 2.75) is 13.1 Å². The minimum absolute atomic E-state index is 0. The molecule has 0 aliphatic heterocycles. The van der Waals surface area contributed by atoms with E-state index in [1.54, 1.807) is 24.0 Å². The van der Waals surface area contributed by atoms with Gasteiger partial charge >= 0.3 is 0 Å². The molecule has 2 rings (SSSR count). The van der Waals surface area contributed by atoms with Gasteiger partial charge in [-0.3, -0.25) is 9.67 Å². The number of nitrogens with one attached hydrogen (secondary N) is 2. The van der Waals surface area contributed by atoms with Crippen LogP contribution < -0.4 is 10.6 Å². The third kappa shape index (κ3) is 4.86. The number of aromatic nitrogens is 2. The number of benzene rings is 1. The summed E-state index contributed by atoms with van der Waals surface area (Å²) in [6.45, 7) is 0.988. The Bertz CT molecular complexity index is 644. The van der Waals surface area contributed by atoms with Crippen LogP contribution in [0.3, 0.4) is 0 Å². The third-order valence-electron chi connectivity index (χ3n) is 3.06. The quantitative estimate of drug-likeness (QED) is 0.401. The van der Waals surface area contributed by atoms with E-state index in [4.69, 9.17) is 5.11 Å². The Hall–Kier alpha value is -1.84. The average Bonchev–Trinajstić information content (AvgIpc) is 2.88. The SMILES string of the molecule is CN=C(NCc1ccc(O)c(F)c1)NCc1ccnn1C.I. The molecule has 0 radical (unpaired) electrons. The number of hydrogen-bond acceptors (Lipinski definition) is 3. The van der Waals surface area contributed by atoms with Crippen LogP contribution in [0.25, 0.3) is 0 Å². The Balaban J connectivity index is 0.00000242. The Kier molecular flexibility index (Phi) is 7.09. The van der Waals surface area contributed by atoms with E-state index in [0.717, 1.165) is 5.69 Å². The zero-order valence-corrected chi connectivity index (χ0v) is 14.7.